The van der Waals surface area contributed by atoms with Crippen molar-refractivity contribution < 1.29 is 4.79 Å². The second-order valence-electron chi connectivity index (χ2n) is 8.80. The summed E-state index contributed by atoms with van der Waals surface area (Å²) in [6.07, 6.45) is 7.06. The number of nitrogens with one attached hydrogen (secondary N) is 2. The highest BCUT2D eigenvalue weighted by Crippen LogP contribution is 2.62. The first-order valence-corrected chi connectivity index (χ1v) is 8.86. The summed E-state index contributed by atoms with van der Waals surface area (Å²) in [6, 6.07) is 0.725. The number of fused-ring (bicyclic) bond motifs is 2. The summed E-state index contributed by atoms with van der Waals surface area (Å²) in [6.45, 7) is 10.4. The smallest absolute Gasteiger partial charge is 0.221 e. The third-order valence-corrected chi connectivity index (χ3v) is 6.91. The Balaban J connectivity index is 1.62. The van der Waals surface area contributed by atoms with Gasteiger partial charge >= 0.3 is 0 Å². The van der Waals surface area contributed by atoms with Gasteiger partial charge in [0.2, 0.25) is 5.91 Å². The molecule has 3 aliphatic rings. The lowest BCUT2D eigenvalue weighted by Gasteiger charge is -2.43. The Morgan fingerprint density at radius 1 is 1.29 bits per heavy atom. The number of hydrogen-bond acceptors (Lipinski definition) is 2. The molecule has 5 unspecified atom stereocenters. The van der Waals surface area contributed by atoms with Crippen LogP contribution in [0.3, 0.4) is 0 Å². The van der Waals surface area contributed by atoms with E-state index in [0.29, 0.717) is 29.8 Å². The maximum Gasteiger partial charge on any atom is 0.221 e. The number of amides is 1. The van der Waals surface area contributed by atoms with Gasteiger partial charge in [-0.15, -0.1) is 0 Å². The molecule has 120 valence electrons. The zero-order chi connectivity index (χ0) is 15.3. The van der Waals surface area contributed by atoms with Crippen molar-refractivity contribution in [2.24, 2.45) is 22.7 Å². The maximum atomic E-state index is 12.6. The van der Waals surface area contributed by atoms with Crippen LogP contribution in [-0.4, -0.2) is 24.5 Å². The van der Waals surface area contributed by atoms with Crippen molar-refractivity contribution in [1.29, 1.82) is 0 Å². The van der Waals surface area contributed by atoms with Gasteiger partial charge in [0.25, 0.3) is 0 Å². The molecule has 5 atom stereocenters. The van der Waals surface area contributed by atoms with Crippen molar-refractivity contribution in [3.63, 3.8) is 0 Å². The molecule has 0 aromatic rings. The number of piperidine rings is 1. The van der Waals surface area contributed by atoms with Gasteiger partial charge in [0.15, 0.2) is 0 Å². The molecule has 1 aliphatic heterocycles. The van der Waals surface area contributed by atoms with Crippen LogP contribution in [0.1, 0.15) is 66.2 Å². The highest BCUT2D eigenvalue weighted by molar-refractivity contribution is 5.77. The minimum Gasteiger partial charge on any atom is -0.352 e. The molecule has 0 spiro atoms. The lowest BCUT2D eigenvalue weighted by atomic mass is 9.68. The minimum atomic E-state index is 0.258. The second kappa shape index (κ2) is 5.26. The van der Waals surface area contributed by atoms with Crippen LogP contribution in [0.15, 0.2) is 0 Å². The van der Waals surface area contributed by atoms with Gasteiger partial charge in [0, 0.05) is 18.5 Å². The molecule has 2 N–H and O–H groups in total. The first-order valence-electron chi connectivity index (χ1n) is 8.86. The molecule has 2 aliphatic carbocycles. The summed E-state index contributed by atoms with van der Waals surface area (Å²) >= 11 is 0. The molecule has 1 amide bonds. The van der Waals surface area contributed by atoms with E-state index in [-0.39, 0.29) is 11.3 Å². The molecule has 1 heterocycles. The number of rotatable bonds is 3. The highest BCUT2D eigenvalue weighted by atomic mass is 16.1. The average molecular weight is 292 g/mol. The Morgan fingerprint density at radius 2 is 2.05 bits per heavy atom. The Labute approximate surface area is 129 Å². The molecule has 3 rings (SSSR count). The summed E-state index contributed by atoms with van der Waals surface area (Å²) in [7, 11) is 0. The number of hydrogen-bond donors (Lipinski definition) is 2. The van der Waals surface area contributed by atoms with E-state index in [4.69, 9.17) is 0 Å². The van der Waals surface area contributed by atoms with Crippen molar-refractivity contribution in [3.05, 3.63) is 0 Å². The van der Waals surface area contributed by atoms with Crippen molar-refractivity contribution in [2.45, 2.75) is 78.3 Å². The lowest BCUT2D eigenvalue weighted by Crippen LogP contribution is -2.54. The molecule has 21 heavy (non-hydrogen) atoms. The van der Waals surface area contributed by atoms with Crippen LogP contribution >= 0.6 is 0 Å². The zero-order valence-corrected chi connectivity index (χ0v) is 14.2. The maximum absolute atomic E-state index is 12.6. The molecular formula is C18H32N2O. The first-order chi connectivity index (χ1) is 9.83. The van der Waals surface area contributed by atoms with Crippen LogP contribution in [0.5, 0.6) is 0 Å². The molecule has 3 nitrogen and oxygen atoms in total. The van der Waals surface area contributed by atoms with Crippen molar-refractivity contribution in [3.8, 4) is 0 Å². The minimum absolute atomic E-state index is 0.258. The van der Waals surface area contributed by atoms with E-state index in [9.17, 15) is 4.79 Å². The van der Waals surface area contributed by atoms with E-state index < -0.39 is 0 Å². The van der Waals surface area contributed by atoms with Gasteiger partial charge in [0.1, 0.15) is 0 Å². The van der Waals surface area contributed by atoms with Crippen LogP contribution in [0.25, 0.3) is 0 Å². The topological polar surface area (TPSA) is 41.1 Å². The van der Waals surface area contributed by atoms with E-state index in [1.54, 1.807) is 0 Å². The number of carbonyl (C=O) groups is 1. The lowest BCUT2D eigenvalue weighted by molar-refractivity contribution is -0.124. The Kier molecular flexibility index (Phi) is 3.84. The summed E-state index contributed by atoms with van der Waals surface area (Å²) in [5, 5.41) is 6.96. The van der Waals surface area contributed by atoms with Crippen molar-refractivity contribution in [1.82, 2.24) is 10.6 Å². The first kappa shape index (κ1) is 15.3. The van der Waals surface area contributed by atoms with Gasteiger partial charge in [-0.1, -0.05) is 27.7 Å². The molecule has 2 bridgehead atoms. The molecule has 2 saturated carbocycles. The van der Waals surface area contributed by atoms with E-state index in [0.717, 1.165) is 12.5 Å². The van der Waals surface area contributed by atoms with E-state index >= 15 is 0 Å². The fourth-order valence-electron chi connectivity index (χ4n) is 5.47. The van der Waals surface area contributed by atoms with E-state index in [1.807, 2.05) is 0 Å². The molecule has 3 fully saturated rings. The van der Waals surface area contributed by atoms with Gasteiger partial charge < -0.3 is 10.6 Å². The largest absolute Gasteiger partial charge is 0.352 e. The molecule has 3 heteroatoms. The van der Waals surface area contributed by atoms with Gasteiger partial charge in [0.05, 0.1) is 0 Å². The molecular weight excluding hydrogens is 260 g/mol. The van der Waals surface area contributed by atoms with Crippen LogP contribution in [0, 0.1) is 22.7 Å². The van der Waals surface area contributed by atoms with Crippen LogP contribution < -0.4 is 10.6 Å². The van der Waals surface area contributed by atoms with Crippen LogP contribution in [0.4, 0.5) is 0 Å². The predicted molar refractivity (Wildman–Crippen MR) is 86.0 cm³/mol. The zero-order valence-electron chi connectivity index (χ0n) is 14.2. The average Bonchev–Trinajstić information content (AvgIpc) is 2.89. The van der Waals surface area contributed by atoms with E-state index in [1.165, 1.54) is 32.1 Å². The standard InChI is InChI=1S/C18H32N2O/c1-12-6-5-9-19-14(12)10-15(21)20-16-17(2,3)13-7-8-18(16,4)11-13/h12-14,16,19H,5-11H2,1-4H3,(H,20,21). The second-order valence-corrected chi connectivity index (χ2v) is 8.80. The highest BCUT2D eigenvalue weighted by Gasteiger charge is 2.59. The van der Waals surface area contributed by atoms with Crippen molar-refractivity contribution in [2.75, 3.05) is 6.54 Å². The fraction of sp³-hybridized carbons (Fsp3) is 0.944. The SMILES string of the molecule is CC1CCCNC1CC(=O)NC1C2(C)CCC(C2)C1(C)C. The Bertz CT molecular complexity index is 415. The Hall–Kier alpha value is -0.570. The predicted octanol–water partition coefficient (Wildman–Crippen LogP) is 3.10. The summed E-state index contributed by atoms with van der Waals surface area (Å²) in [5.41, 5.74) is 0.587. The third kappa shape index (κ3) is 2.62. The van der Waals surface area contributed by atoms with Crippen LogP contribution in [0.2, 0.25) is 0 Å². The number of carbonyl (C=O) groups excluding carboxylic acids is 1. The summed E-state index contributed by atoms with van der Waals surface area (Å²) in [5.74, 6) is 1.67. The van der Waals surface area contributed by atoms with E-state index in [2.05, 4.69) is 38.3 Å². The van der Waals surface area contributed by atoms with Crippen molar-refractivity contribution >= 4 is 5.91 Å². The van der Waals surface area contributed by atoms with Gasteiger partial charge in [-0.05, 0) is 61.3 Å². The quantitative estimate of drug-likeness (QED) is 0.839. The van der Waals surface area contributed by atoms with Gasteiger partial charge in [-0.25, -0.2) is 0 Å². The fourth-order valence-corrected chi connectivity index (χ4v) is 5.47. The van der Waals surface area contributed by atoms with Gasteiger partial charge in [-0.2, -0.15) is 0 Å². The normalized spacial score (nSPS) is 44.8. The molecule has 0 aromatic carbocycles. The van der Waals surface area contributed by atoms with Crippen LogP contribution in [-0.2, 0) is 4.79 Å². The monoisotopic (exact) mass is 292 g/mol. The third-order valence-electron chi connectivity index (χ3n) is 6.91. The molecule has 1 saturated heterocycles. The Morgan fingerprint density at radius 3 is 2.67 bits per heavy atom. The summed E-state index contributed by atoms with van der Waals surface area (Å²) < 4.78 is 0. The van der Waals surface area contributed by atoms with Gasteiger partial charge in [-0.3, -0.25) is 4.79 Å². The summed E-state index contributed by atoms with van der Waals surface area (Å²) in [4.78, 5) is 12.6. The molecule has 0 radical (unpaired) electrons. The molecule has 0 aromatic heterocycles.